The smallest absolute Gasteiger partial charge is 0.217 e. The fraction of sp³-hybridized carbons (Fsp3) is 0.700. The Morgan fingerprint density at radius 3 is 2.47 bits per heavy atom. The van der Waals surface area contributed by atoms with Gasteiger partial charge in [0.15, 0.2) is 1.41 Å². The van der Waals surface area contributed by atoms with Gasteiger partial charge in [0, 0.05) is 20.4 Å². The van der Waals surface area contributed by atoms with E-state index in [1.54, 1.807) is 0 Å². The van der Waals surface area contributed by atoms with Crippen LogP contribution in [0.4, 0.5) is 0 Å². The van der Waals surface area contributed by atoms with Crippen LogP contribution in [0.15, 0.2) is 0 Å². The Morgan fingerprint density at radius 1 is 1.33 bits per heavy atom. The summed E-state index contributed by atoms with van der Waals surface area (Å²) in [7, 11) is 0. The third-order valence-electron chi connectivity index (χ3n) is 1.81. The monoisotopic (exact) mass is 215 g/mol. The predicted octanol–water partition coefficient (Wildman–Crippen LogP) is -0.00360. The van der Waals surface area contributed by atoms with Crippen molar-refractivity contribution in [1.29, 1.82) is 0 Å². The molecule has 0 aromatic carbocycles. The van der Waals surface area contributed by atoms with Crippen LogP contribution in [0, 0.1) is 0 Å². The van der Waals surface area contributed by atoms with Gasteiger partial charge < -0.3 is 15.4 Å². The molecule has 0 spiro atoms. The minimum atomic E-state index is -0.685. The van der Waals surface area contributed by atoms with Gasteiger partial charge in [0.05, 0.1) is 6.04 Å². The van der Waals surface area contributed by atoms with Gasteiger partial charge in [-0.05, 0) is 19.3 Å². The summed E-state index contributed by atoms with van der Waals surface area (Å²) in [4.78, 5) is 32.0. The number of carbonyl (C=O) groups is 3. The topological polar surface area (TPSA) is 75.3 Å². The van der Waals surface area contributed by atoms with Crippen LogP contribution < -0.4 is 10.6 Å². The van der Waals surface area contributed by atoms with Gasteiger partial charge >= 0.3 is 0 Å². The molecule has 0 saturated heterocycles. The van der Waals surface area contributed by atoms with Crippen molar-refractivity contribution in [3.63, 3.8) is 0 Å². The molecule has 0 aliphatic heterocycles. The van der Waals surface area contributed by atoms with Gasteiger partial charge in [-0.15, -0.1) is 0 Å². The molecule has 0 unspecified atom stereocenters. The second-order valence-corrected chi connectivity index (χ2v) is 3.33. The fourth-order valence-electron chi connectivity index (χ4n) is 1.14. The molecule has 0 fully saturated rings. The Labute approximate surface area is 91.1 Å². The highest BCUT2D eigenvalue weighted by molar-refractivity contribution is 5.77. The van der Waals surface area contributed by atoms with Gasteiger partial charge in [0.25, 0.3) is 0 Å². The second kappa shape index (κ2) is 7.96. The molecule has 0 aromatic heterocycles. The Kier molecular flexibility index (Phi) is 6.20. The van der Waals surface area contributed by atoms with Gasteiger partial charge in [0.1, 0.15) is 6.29 Å². The summed E-state index contributed by atoms with van der Waals surface area (Å²) in [5.41, 5.74) is 0. The number of nitrogens with one attached hydrogen (secondary N) is 2. The molecule has 2 amide bonds. The number of aldehydes is 1. The molecule has 5 heteroatoms. The lowest BCUT2D eigenvalue weighted by atomic mass is 10.1. The van der Waals surface area contributed by atoms with Crippen molar-refractivity contribution >= 4 is 18.1 Å². The zero-order chi connectivity index (χ0) is 12.6. The summed E-state index contributed by atoms with van der Waals surface area (Å²) in [5.74, 6) is -0.531. The summed E-state index contributed by atoms with van der Waals surface area (Å²) >= 11 is 0. The van der Waals surface area contributed by atoms with Crippen molar-refractivity contribution < 1.29 is 15.8 Å². The van der Waals surface area contributed by atoms with E-state index in [0.717, 1.165) is 6.42 Å². The van der Waals surface area contributed by atoms with Crippen LogP contribution in [0.5, 0.6) is 0 Å². The molecular formula is C10H18N2O3. The minimum absolute atomic E-state index is 0.0854. The highest BCUT2D eigenvalue weighted by atomic mass is 16.2. The third kappa shape index (κ3) is 8.93. The summed E-state index contributed by atoms with van der Waals surface area (Å²) in [6.45, 7) is 3.25. The van der Waals surface area contributed by atoms with Gasteiger partial charge in [-0.25, -0.2) is 0 Å². The molecule has 0 radical (unpaired) electrons. The van der Waals surface area contributed by atoms with Crippen LogP contribution in [0.2, 0.25) is 1.41 Å². The zero-order valence-corrected chi connectivity index (χ0v) is 9.16. The molecule has 5 nitrogen and oxygen atoms in total. The Bertz CT molecular complexity index is 258. The molecule has 0 heterocycles. The molecule has 0 aliphatic carbocycles. The first-order valence-electron chi connectivity index (χ1n) is 5.42. The van der Waals surface area contributed by atoms with E-state index in [9.17, 15) is 14.4 Å². The quantitative estimate of drug-likeness (QED) is 0.463. The summed E-state index contributed by atoms with van der Waals surface area (Å²) in [6.07, 6.45) is 2.47. The maximum Gasteiger partial charge on any atom is 0.217 e. The molecule has 0 bridgehead atoms. The van der Waals surface area contributed by atoms with Crippen LogP contribution in [0.1, 0.15) is 33.1 Å². The van der Waals surface area contributed by atoms with Gasteiger partial charge in [-0.1, -0.05) is 0 Å². The van der Waals surface area contributed by atoms with Crippen LogP contribution in [0.25, 0.3) is 0 Å². The van der Waals surface area contributed by atoms with E-state index in [4.69, 9.17) is 1.41 Å². The molecule has 15 heavy (non-hydrogen) atoms. The lowest BCUT2D eigenvalue weighted by Crippen LogP contribution is -2.34. The van der Waals surface area contributed by atoms with E-state index in [1.807, 2.05) is 0 Å². The Hall–Kier alpha value is -1.39. The third-order valence-corrected chi connectivity index (χ3v) is 1.81. The van der Waals surface area contributed by atoms with Crippen molar-refractivity contribution in [2.45, 2.75) is 39.2 Å². The van der Waals surface area contributed by atoms with E-state index < -0.39 is 11.9 Å². The van der Waals surface area contributed by atoms with Crippen LogP contribution in [0.3, 0.4) is 0 Å². The highest BCUT2D eigenvalue weighted by Crippen LogP contribution is 1.98. The van der Waals surface area contributed by atoms with Crippen molar-refractivity contribution in [3.8, 4) is 0 Å². The first kappa shape index (κ1) is 11.7. The Morgan fingerprint density at radius 2 is 2.00 bits per heavy atom. The minimum Gasteiger partial charge on any atom is -0.356 e. The van der Waals surface area contributed by atoms with E-state index in [1.165, 1.54) is 13.8 Å². The fourth-order valence-corrected chi connectivity index (χ4v) is 1.14. The molecule has 0 aromatic rings. The highest BCUT2D eigenvalue weighted by Gasteiger charge is 2.07. The maximum absolute atomic E-state index is 10.8. The van der Waals surface area contributed by atoms with Crippen LogP contribution in [-0.4, -0.2) is 30.7 Å². The number of hydrogen-bond donors (Lipinski definition) is 2. The molecule has 0 aliphatic rings. The number of unbranched alkanes of at least 4 members (excludes halogenated alkanes) is 1. The summed E-state index contributed by atoms with van der Waals surface area (Å²) in [6, 6.07) is -0.685. The first-order valence-corrected chi connectivity index (χ1v) is 4.97. The summed E-state index contributed by atoms with van der Waals surface area (Å²) < 4.78 is 7.32. The molecule has 86 valence electrons. The Balaban J connectivity index is 3.75. The van der Waals surface area contributed by atoms with Crippen LogP contribution >= 0.6 is 0 Å². The molecule has 0 saturated carbocycles. The number of amides is 2. The van der Waals surface area contributed by atoms with Gasteiger partial charge in [-0.3, -0.25) is 9.59 Å². The van der Waals surface area contributed by atoms with Crippen molar-refractivity contribution in [3.05, 3.63) is 0 Å². The normalized spacial score (nSPS) is 12.5. The summed E-state index contributed by atoms with van der Waals surface area (Å²) in [5, 5.41) is 3.32. The van der Waals surface area contributed by atoms with Crippen LogP contribution in [-0.2, 0) is 14.4 Å². The molecular weight excluding hydrogens is 196 g/mol. The van der Waals surface area contributed by atoms with Gasteiger partial charge in [-0.2, -0.15) is 0 Å². The second-order valence-electron chi connectivity index (χ2n) is 3.33. The number of hydrogen-bond acceptors (Lipinski definition) is 3. The SMILES string of the molecule is [2H]N(C(C)=O)[C@H](C=O)CCCCNC(C)=O. The average Bonchev–Trinajstić information content (AvgIpc) is 2.22. The van der Waals surface area contributed by atoms with E-state index in [0.29, 0.717) is 31.0 Å². The standard InChI is InChI=1S/C10H18N2O3/c1-8(14)11-6-4-3-5-10(7-13)12-9(2)15/h7,10H,3-6H2,1-2H3,(H,11,14)(H,12,15)/t10-/m0/s1/i/hD. The van der Waals surface area contributed by atoms with Crippen molar-refractivity contribution in [2.24, 2.45) is 0 Å². The molecule has 2 N–H and O–H groups in total. The van der Waals surface area contributed by atoms with E-state index in [2.05, 4.69) is 5.32 Å². The lowest BCUT2D eigenvalue weighted by molar-refractivity contribution is -0.122. The largest absolute Gasteiger partial charge is 0.356 e. The maximum atomic E-state index is 10.8. The van der Waals surface area contributed by atoms with E-state index in [-0.39, 0.29) is 5.91 Å². The average molecular weight is 215 g/mol. The van der Waals surface area contributed by atoms with Crippen molar-refractivity contribution in [2.75, 3.05) is 6.54 Å². The van der Waals surface area contributed by atoms with Gasteiger partial charge in [0.2, 0.25) is 11.8 Å². The first-order chi connectivity index (χ1) is 7.49. The lowest BCUT2D eigenvalue weighted by Gasteiger charge is -2.10. The van der Waals surface area contributed by atoms with E-state index >= 15 is 0 Å². The zero-order valence-electron chi connectivity index (χ0n) is 10.2. The number of carbonyl (C=O) groups excluding carboxylic acids is 3. The predicted molar refractivity (Wildman–Crippen MR) is 56.2 cm³/mol. The molecule has 0 rings (SSSR count). The molecule has 1 atom stereocenters. The van der Waals surface area contributed by atoms with Crippen molar-refractivity contribution in [1.82, 2.24) is 10.6 Å². The number of rotatable bonds is 7.